The number of nitrogens with zero attached hydrogens (tertiary/aromatic N) is 4. The van der Waals surface area contributed by atoms with Gasteiger partial charge in [0.2, 0.25) is 0 Å². The molecule has 0 aliphatic carbocycles. The van der Waals surface area contributed by atoms with E-state index in [-0.39, 0.29) is 11.8 Å². The van der Waals surface area contributed by atoms with Crippen molar-refractivity contribution in [1.82, 2.24) is 24.9 Å². The van der Waals surface area contributed by atoms with E-state index in [9.17, 15) is 4.79 Å². The summed E-state index contributed by atoms with van der Waals surface area (Å²) in [4.78, 5) is 14.8. The zero-order chi connectivity index (χ0) is 18.1. The quantitative estimate of drug-likeness (QED) is 0.790. The second kappa shape index (κ2) is 6.78. The van der Waals surface area contributed by atoms with Crippen LogP contribution in [0.15, 0.2) is 42.7 Å². The molecule has 3 heterocycles. The molecule has 3 aromatic rings. The highest BCUT2D eigenvalue weighted by atomic mass is 16.2. The lowest BCUT2D eigenvalue weighted by Gasteiger charge is -2.32. The van der Waals surface area contributed by atoms with Gasteiger partial charge in [-0.3, -0.25) is 14.6 Å². The van der Waals surface area contributed by atoms with Crippen LogP contribution in [0.1, 0.15) is 40.5 Å². The van der Waals surface area contributed by atoms with E-state index in [0.717, 1.165) is 36.2 Å². The van der Waals surface area contributed by atoms with Crippen LogP contribution >= 0.6 is 0 Å². The molecule has 6 heteroatoms. The second-order valence-corrected chi connectivity index (χ2v) is 6.99. The number of aryl methyl sites for hydroxylation is 2. The molecule has 26 heavy (non-hydrogen) atoms. The number of nitrogens with one attached hydrogen (secondary N) is 1. The predicted molar refractivity (Wildman–Crippen MR) is 99.8 cm³/mol. The first-order valence-electron chi connectivity index (χ1n) is 9.01. The largest absolute Gasteiger partial charge is 0.337 e. The Labute approximate surface area is 152 Å². The second-order valence-electron chi connectivity index (χ2n) is 6.99. The summed E-state index contributed by atoms with van der Waals surface area (Å²) in [5.41, 5.74) is 5.29. The molecule has 1 saturated heterocycles. The van der Waals surface area contributed by atoms with E-state index < -0.39 is 0 Å². The molecular weight excluding hydrogens is 326 g/mol. The number of hydrogen-bond acceptors (Lipinski definition) is 3. The van der Waals surface area contributed by atoms with E-state index in [4.69, 9.17) is 0 Å². The van der Waals surface area contributed by atoms with Crippen LogP contribution in [-0.4, -0.2) is 43.9 Å². The highest BCUT2D eigenvalue weighted by Crippen LogP contribution is 2.33. The Morgan fingerprint density at radius 1 is 1.23 bits per heavy atom. The van der Waals surface area contributed by atoms with E-state index in [2.05, 4.69) is 46.5 Å². The third-order valence-electron chi connectivity index (χ3n) is 5.19. The van der Waals surface area contributed by atoms with Gasteiger partial charge in [0.15, 0.2) is 0 Å². The highest BCUT2D eigenvalue weighted by molar-refractivity contribution is 5.92. The monoisotopic (exact) mass is 349 g/mol. The van der Waals surface area contributed by atoms with Gasteiger partial charge >= 0.3 is 0 Å². The summed E-state index contributed by atoms with van der Waals surface area (Å²) in [6.07, 6.45) is 5.60. The predicted octanol–water partition coefficient (Wildman–Crippen LogP) is 3.14. The van der Waals surface area contributed by atoms with Gasteiger partial charge in [-0.1, -0.05) is 29.8 Å². The number of amides is 1. The van der Waals surface area contributed by atoms with Crippen LogP contribution in [0.3, 0.4) is 0 Å². The minimum Gasteiger partial charge on any atom is -0.337 e. The summed E-state index contributed by atoms with van der Waals surface area (Å²) in [6.45, 7) is 3.57. The molecule has 1 N–H and O–H groups in total. The number of piperidine rings is 1. The molecule has 6 nitrogen and oxygen atoms in total. The number of aromatic nitrogens is 4. The molecule has 1 aliphatic rings. The minimum atomic E-state index is 0.0473. The van der Waals surface area contributed by atoms with Gasteiger partial charge in [0.25, 0.3) is 5.91 Å². The number of carbonyl (C=O) groups excluding carboxylic acids is 1. The Kier molecular flexibility index (Phi) is 4.32. The average Bonchev–Trinajstić information content (AvgIpc) is 3.31. The van der Waals surface area contributed by atoms with Gasteiger partial charge in [-0.05, 0) is 31.4 Å². The molecule has 0 unspecified atom stereocenters. The molecule has 134 valence electrons. The Balaban J connectivity index is 1.57. The zero-order valence-electron chi connectivity index (χ0n) is 15.1. The van der Waals surface area contributed by atoms with E-state index >= 15 is 0 Å². The van der Waals surface area contributed by atoms with Crippen LogP contribution in [-0.2, 0) is 7.05 Å². The summed E-state index contributed by atoms with van der Waals surface area (Å²) in [5, 5.41) is 11.6. The summed E-state index contributed by atoms with van der Waals surface area (Å²) in [7, 11) is 1.80. The maximum atomic E-state index is 12.8. The molecule has 4 rings (SSSR count). The lowest BCUT2D eigenvalue weighted by molar-refractivity contribution is 0.0695. The standard InChI is InChI=1S/C20H23N5O/c1-14-5-7-15(8-6-14)17-12-21-23-19(17)16-4-3-11-25(13-16)20(26)18-9-10-22-24(18)2/h5-10,12,16H,3-4,11,13H2,1-2H3,(H,21,23)/t16-/m0/s1. The Bertz CT molecular complexity index is 908. The van der Waals surface area contributed by atoms with Gasteiger partial charge in [-0.2, -0.15) is 10.2 Å². The van der Waals surface area contributed by atoms with Crippen molar-refractivity contribution in [3.63, 3.8) is 0 Å². The number of hydrogen-bond donors (Lipinski definition) is 1. The number of H-pyrrole nitrogens is 1. The Morgan fingerprint density at radius 3 is 2.77 bits per heavy atom. The van der Waals surface area contributed by atoms with E-state index in [1.807, 2.05) is 11.1 Å². The molecule has 0 radical (unpaired) electrons. The molecule has 0 saturated carbocycles. The lowest BCUT2D eigenvalue weighted by atomic mass is 9.90. The number of rotatable bonds is 3. The van der Waals surface area contributed by atoms with E-state index in [1.54, 1.807) is 24.0 Å². The molecule has 1 amide bonds. The summed E-state index contributed by atoms with van der Waals surface area (Å²) < 4.78 is 1.64. The van der Waals surface area contributed by atoms with Crippen molar-refractivity contribution < 1.29 is 4.79 Å². The molecule has 0 bridgehead atoms. The van der Waals surface area contributed by atoms with Gasteiger partial charge in [-0.15, -0.1) is 0 Å². The normalized spacial score (nSPS) is 17.5. The highest BCUT2D eigenvalue weighted by Gasteiger charge is 2.29. The molecule has 1 aliphatic heterocycles. The molecule has 1 atom stereocenters. The van der Waals surface area contributed by atoms with Crippen molar-refractivity contribution in [3.05, 3.63) is 59.7 Å². The van der Waals surface area contributed by atoms with Crippen molar-refractivity contribution in [2.75, 3.05) is 13.1 Å². The molecule has 1 fully saturated rings. The molecular formula is C20H23N5O. The van der Waals surface area contributed by atoms with Gasteiger partial charge in [0.05, 0.1) is 6.20 Å². The first-order chi connectivity index (χ1) is 12.6. The number of benzene rings is 1. The lowest BCUT2D eigenvalue weighted by Crippen LogP contribution is -2.40. The van der Waals surface area contributed by atoms with Crippen molar-refractivity contribution in [2.24, 2.45) is 7.05 Å². The van der Waals surface area contributed by atoms with Crippen LogP contribution in [0.2, 0.25) is 0 Å². The maximum absolute atomic E-state index is 12.8. The fraction of sp³-hybridized carbons (Fsp3) is 0.350. The summed E-state index contributed by atoms with van der Waals surface area (Å²) in [6, 6.07) is 10.3. The van der Waals surface area contributed by atoms with Crippen LogP contribution < -0.4 is 0 Å². The first-order valence-corrected chi connectivity index (χ1v) is 9.01. The number of aromatic amines is 1. The van der Waals surface area contributed by atoms with Crippen LogP contribution in [0, 0.1) is 6.92 Å². The Morgan fingerprint density at radius 2 is 2.04 bits per heavy atom. The van der Waals surface area contributed by atoms with E-state index in [1.165, 1.54) is 5.56 Å². The molecule has 1 aromatic carbocycles. The van der Waals surface area contributed by atoms with Crippen LogP contribution in [0.4, 0.5) is 0 Å². The van der Waals surface area contributed by atoms with Crippen molar-refractivity contribution in [2.45, 2.75) is 25.7 Å². The Hall–Kier alpha value is -2.89. The SMILES string of the molecule is Cc1ccc(-c2cn[nH]c2[C@H]2CCCN(C(=O)c3ccnn3C)C2)cc1. The van der Waals surface area contributed by atoms with Gasteiger partial charge in [0, 0.05) is 43.5 Å². The third-order valence-corrected chi connectivity index (χ3v) is 5.19. The molecule has 2 aromatic heterocycles. The zero-order valence-corrected chi connectivity index (χ0v) is 15.1. The smallest absolute Gasteiger partial charge is 0.272 e. The van der Waals surface area contributed by atoms with Gasteiger partial charge in [-0.25, -0.2) is 0 Å². The first kappa shape index (κ1) is 16.6. The summed E-state index contributed by atoms with van der Waals surface area (Å²) in [5.74, 6) is 0.311. The topological polar surface area (TPSA) is 66.8 Å². The third kappa shape index (κ3) is 3.03. The number of likely N-dealkylation sites (tertiary alicyclic amines) is 1. The fourth-order valence-corrected chi connectivity index (χ4v) is 3.71. The van der Waals surface area contributed by atoms with Crippen molar-refractivity contribution >= 4 is 5.91 Å². The summed E-state index contributed by atoms with van der Waals surface area (Å²) >= 11 is 0. The molecule has 0 spiro atoms. The maximum Gasteiger partial charge on any atom is 0.272 e. The van der Waals surface area contributed by atoms with Crippen molar-refractivity contribution in [3.8, 4) is 11.1 Å². The van der Waals surface area contributed by atoms with Crippen LogP contribution in [0.25, 0.3) is 11.1 Å². The number of carbonyl (C=O) groups is 1. The van der Waals surface area contributed by atoms with Gasteiger partial charge < -0.3 is 4.90 Å². The van der Waals surface area contributed by atoms with Crippen molar-refractivity contribution in [1.29, 1.82) is 0 Å². The van der Waals surface area contributed by atoms with Crippen LogP contribution in [0.5, 0.6) is 0 Å². The fourth-order valence-electron chi connectivity index (χ4n) is 3.71. The van der Waals surface area contributed by atoms with E-state index in [0.29, 0.717) is 12.2 Å². The average molecular weight is 349 g/mol. The van der Waals surface area contributed by atoms with Gasteiger partial charge in [0.1, 0.15) is 5.69 Å². The minimum absolute atomic E-state index is 0.0473.